The Morgan fingerprint density at radius 3 is 2.56 bits per heavy atom. The fourth-order valence-electron chi connectivity index (χ4n) is 2.14. The van der Waals surface area contributed by atoms with Crippen LogP contribution in [0.5, 0.6) is 0 Å². The number of imidazole rings is 1. The molecule has 1 amide bonds. The third-order valence-corrected chi connectivity index (χ3v) is 4.45. The molecule has 0 spiro atoms. The largest absolute Gasteiger partial charge is 0.416 e. The lowest BCUT2D eigenvalue weighted by molar-refractivity contribution is -0.137. The predicted octanol–water partition coefficient (Wildman–Crippen LogP) is 2.82. The van der Waals surface area contributed by atoms with Gasteiger partial charge in [-0.15, -0.1) is 0 Å². The molecule has 0 saturated heterocycles. The number of halogens is 3. The highest BCUT2D eigenvalue weighted by Gasteiger charge is 2.29. The first-order valence-corrected chi connectivity index (χ1v) is 8.54. The van der Waals surface area contributed by atoms with Crippen molar-refractivity contribution in [2.45, 2.75) is 37.2 Å². The quantitative estimate of drug-likeness (QED) is 0.733. The van der Waals surface area contributed by atoms with Gasteiger partial charge in [-0.05, 0) is 24.6 Å². The lowest BCUT2D eigenvalue weighted by Crippen LogP contribution is -2.28. The van der Waals surface area contributed by atoms with Crippen LogP contribution in [-0.2, 0) is 29.9 Å². The fourth-order valence-corrected chi connectivity index (χ4v) is 3.09. The minimum Gasteiger partial charge on any atom is -0.390 e. The third-order valence-electron chi connectivity index (χ3n) is 3.39. The molecule has 5 nitrogen and oxygen atoms in total. The Labute approximate surface area is 147 Å². The van der Waals surface area contributed by atoms with Crippen molar-refractivity contribution in [2.24, 2.45) is 0 Å². The van der Waals surface area contributed by atoms with E-state index in [1.807, 2.05) is 0 Å². The standard InChI is InChI=1S/C16H18F3N3O2S/c1-2-20-14(24)8-22-13(9-23)7-21-15(22)25-10-11-3-5-12(6-4-11)16(17,18)19/h3-7,23H,2,8-10H2,1H3,(H,20,24). The molecular formula is C16H18F3N3O2S. The summed E-state index contributed by atoms with van der Waals surface area (Å²) in [5.41, 5.74) is 0.513. The summed E-state index contributed by atoms with van der Waals surface area (Å²) in [6.07, 6.45) is -2.88. The van der Waals surface area contributed by atoms with Crippen LogP contribution in [-0.4, -0.2) is 27.1 Å². The Kier molecular flexibility index (Phi) is 6.49. The number of benzene rings is 1. The summed E-state index contributed by atoms with van der Waals surface area (Å²) in [5.74, 6) is 0.196. The minimum atomic E-state index is -4.36. The van der Waals surface area contributed by atoms with Crippen molar-refractivity contribution in [2.75, 3.05) is 6.54 Å². The zero-order chi connectivity index (χ0) is 18.4. The van der Waals surface area contributed by atoms with Gasteiger partial charge in [0.2, 0.25) is 5.91 Å². The molecule has 1 heterocycles. The number of nitrogens with zero attached hydrogens (tertiary/aromatic N) is 2. The number of carbonyl (C=O) groups is 1. The second-order valence-corrected chi connectivity index (χ2v) is 6.16. The Bertz CT molecular complexity index is 714. The number of amides is 1. The second-order valence-electron chi connectivity index (χ2n) is 5.21. The molecule has 1 aromatic heterocycles. The molecular weight excluding hydrogens is 355 g/mol. The van der Waals surface area contributed by atoms with Crippen molar-refractivity contribution >= 4 is 17.7 Å². The number of hydrogen-bond acceptors (Lipinski definition) is 4. The number of alkyl halides is 3. The smallest absolute Gasteiger partial charge is 0.390 e. The van der Waals surface area contributed by atoms with E-state index in [1.165, 1.54) is 30.1 Å². The van der Waals surface area contributed by atoms with E-state index in [4.69, 9.17) is 0 Å². The van der Waals surface area contributed by atoms with Gasteiger partial charge in [-0.25, -0.2) is 4.98 Å². The van der Waals surface area contributed by atoms with Crippen LogP contribution in [0.15, 0.2) is 35.6 Å². The topological polar surface area (TPSA) is 67.2 Å². The molecule has 2 N–H and O–H groups in total. The number of thioether (sulfide) groups is 1. The van der Waals surface area contributed by atoms with Crippen molar-refractivity contribution in [3.05, 3.63) is 47.3 Å². The number of nitrogens with one attached hydrogen (secondary N) is 1. The molecule has 9 heteroatoms. The summed E-state index contributed by atoms with van der Waals surface area (Å²) in [7, 11) is 0. The van der Waals surface area contributed by atoms with E-state index >= 15 is 0 Å². The number of hydrogen-bond donors (Lipinski definition) is 2. The summed E-state index contributed by atoms with van der Waals surface area (Å²) < 4.78 is 39.3. The number of rotatable bonds is 7. The average Bonchev–Trinajstić information content (AvgIpc) is 2.94. The minimum absolute atomic E-state index is 0.0269. The molecule has 136 valence electrons. The summed E-state index contributed by atoms with van der Waals surface area (Å²) in [6.45, 7) is 2.07. The maximum atomic E-state index is 12.6. The molecule has 25 heavy (non-hydrogen) atoms. The third kappa shape index (κ3) is 5.23. The molecule has 0 aliphatic rings. The van der Waals surface area contributed by atoms with E-state index in [0.29, 0.717) is 28.7 Å². The molecule has 0 fully saturated rings. The monoisotopic (exact) mass is 373 g/mol. The molecule has 0 unspecified atom stereocenters. The molecule has 0 bridgehead atoms. The maximum absolute atomic E-state index is 12.6. The molecule has 1 aromatic carbocycles. The second kappa shape index (κ2) is 8.39. The van der Waals surface area contributed by atoms with Crippen molar-refractivity contribution in [1.82, 2.24) is 14.9 Å². The summed E-state index contributed by atoms with van der Waals surface area (Å²) in [6, 6.07) is 4.91. The average molecular weight is 373 g/mol. The Morgan fingerprint density at radius 1 is 1.32 bits per heavy atom. The molecule has 0 saturated carbocycles. The van der Waals surface area contributed by atoms with Gasteiger partial charge in [0.25, 0.3) is 0 Å². The highest BCUT2D eigenvalue weighted by molar-refractivity contribution is 7.98. The van der Waals surface area contributed by atoms with Gasteiger partial charge < -0.3 is 15.0 Å². The number of likely N-dealkylation sites (N-methyl/N-ethyl adjacent to an activating group) is 1. The van der Waals surface area contributed by atoms with Crippen LogP contribution in [0.25, 0.3) is 0 Å². The zero-order valence-electron chi connectivity index (χ0n) is 13.5. The van der Waals surface area contributed by atoms with Crippen LogP contribution in [0.4, 0.5) is 13.2 Å². The SMILES string of the molecule is CCNC(=O)Cn1c(CO)cnc1SCc1ccc(C(F)(F)F)cc1. The van der Waals surface area contributed by atoms with E-state index in [0.717, 1.165) is 12.1 Å². The van der Waals surface area contributed by atoms with Crippen molar-refractivity contribution in [3.63, 3.8) is 0 Å². The first-order valence-electron chi connectivity index (χ1n) is 7.56. The maximum Gasteiger partial charge on any atom is 0.416 e. The summed E-state index contributed by atoms with van der Waals surface area (Å²) >= 11 is 1.29. The Balaban J connectivity index is 2.07. The van der Waals surface area contributed by atoms with Gasteiger partial charge in [0.05, 0.1) is 24.1 Å². The van der Waals surface area contributed by atoms with Crippen LogP contribution in [0.3, 0.4) is 0 Å². The molecule has 0 radical (unpaired) electrons. The lowest BCUT2D eigenvalue weighted by Gasteiger charge is -2.11. The Hall–Kier alpha value is -2.00. The van der Waals surface area contributed by atoms with Gasteiger partial charge in [0.15, 0.2) is 5.16 Å². The van der Waals surface area contributed by atoms with Gasteiger partial charge in [0.1, 0.15) is 6.54 Å². The van der Waals surface area contributed by atoms with E-state index in [9.17, 15) is 23.1 Å². The highest BCUT2D eigenvalue weighted by Crippen LogP contribution is 2.30. The van der Waals surface area contributed by atoms with E-state index in [-0.39, 0.29) is 19.1 Å². The van der Waals surface area contributed by atoms with Crippen LogP contribution < -0.4 is 5.32 Å². The number of aliphatic hydroxyl groups excluding tert-OH is 1. The molecule has 0 aliphatic heterocycles. The normalized spacial score (nSPS) is 11.6. The molecule has 0 atom stereocenters. The van der Waals surface area contributed by atoms with E-state index in [1.54, 1.807) is 11.5 Å². The lowest BCUT2D eigenvalue weighted by atomic mass is 10.1. The van der Waals surface area contributed by atoms with Crippen LogP contribution in [0, 0.1) is 0 Å². The van der Waals surface area contributed by atoms with Crippen LogP contribution in [0.2, 0.25) is 0 Å². The Morgan fingerprint density at radius 2 is 2.00 bits per heavy atom. The van der Waals surface area contributed by atoms with Gasteiger partial charge in [-0.1, -0.05) is 23.9 Å². The first kappa shape index (κ1) is 19.3. The summed E-state index contributed by atoms with van der Waals surface area (Å²) in [4.78, 5) is 16.0. The van der Waals surface area contributed by atoms with E-state index in [2.05, 4.69) is 10.3 Å². The first-order chi connectivity index (χ1) is 11.8. The molecule has 2 aromatic rings. The van der Waals surface area contributed by atoms with Gasteiger partial charge in [0, 0.05) is 12.3 Å². The van der Waals surface area contributed by atoms with Crippen LogP contribution in [0.1, 0.15) is 23.7 Å². The van der Waals surface area contributed by atoms with Crippen LogP contribution >= 0.6 is 11.8 Å². The highest BCUT2D eigenvalue weighted by atomic mass is 32.2. The zero-order valence-corrected chi connectivity index (χ0v) is 14.3. The predicted molar refractivity (Wildman–Crippen MR) is 87.8 cm³/mol. The number of aliphatic hydroxyl groups is 1. The molecule has 2 rings (SSSR count). The van der Waals surface area contributed by atoms with Gasteiger partial charge >= 0.3 is 6.18 Å². The van der Waals surface area contributed by atoms with Gasteiger partial charge in [-0.3, -0.25) is 4.79 Å². The van der Waals surface area contributed by atoms with E-state index < -0.39 is 11.7 Å². The number of aromatic nitrogens is 2. The number of carbonyl (C=O) groups excluding carboxylic acids is 1. The fraction of sp³-hybridized carbons (Fsp3) is 0.375. The van der Waals surface area contributed by atoms with Crippen molar-refractivity contribution in [1.29, 1.82) is 0 Å². The van der Waals surface area contributed by atoms with Gasteiger partial charge in [-0.2, -0.15) is 13.2 Å². The van der Waals surface area contributed by atoms with Crippen molar-refractivity contribution in [3.8, 4) is 0 Å². The molecule has 0 aliphatic carbocycles. The summed E-state index contributed by atoms with van der Waals surface area (Å²) in [5, 5.41) is 12.6. The van der Waals surface area contributed by atoms with Crippen molar-refractivity contribution < 1.29 is 23.1 Å².